The van der Waals surface area contributed by atoms with Crippen LogP contribution in [0.25, 0.3) is 0 Å². The Hall–Kier alpha value is -3.59. The number of ether oxygens (including phenoxy) is 3. The van der Waals surface area contributed by atoms with Crippen molar-refractivity contribution in [2.75, 3.05) is 6.61 Å². The van der Waals surface area contributed by atoms with Gasteiger partial charge in [0.1, 0.15) is 31.0 Å². The van der Waals surface area contributed by atoms with Gasteiger partial charge in [0.2, 0.25) is 0 Å². The van der Waals surface area contributed by atoms with Crippen molar-refractivity contribution in [3.63, 3.8) is 0 Å². The molecular formula is C50H74O7. The number of esters is 1. The van der Waals surface area contributed by atoms with Crippen LogP contribution in [0.15, 0.2) is 130 Å². The fraction of sp³-hybridized carbons (Fsp3) is 0.540. The first-order chi connectivity index (χ1) is 26.8. The molecule has 1 fully saturated rings. The average molecular weight is 787 g/mol. The third-order valence-electron chi connectivity index (χ3n) is 10.4. The highest BCUT2D eigenvalue weighted by atomic mass is 16.7. The van der Waals surface area contributed by atoms with Crippen LogP contribution in [0.5, 0.6) is 0 Å². The molecule has 2 aliphatic rings. The molecule has 7 nitrogen and oxygen atoms in total. The Labute approximate surface area is 345 Å². The maximum atomic E-state index is 11.8. The summed E-state index contributed by atoms with van der Waals surface area (Å²) in [5.41, 5.74) is 8.56. The number of carbonyl (C=O) groups is 1. The molecule has 0 aromatic rings. The van der Waals surface area contributed by atoms with Gasteiger partial charge in [0.25, 0.3) is 0 Å². The van der Waals surface area contributed by atoms with Crippen LogP contribution in [0.3, 0.4) is 0 Å². The van der Waals surface area contributed by atoms with Crippen molar-refractivity contribution in [1.29, 1.82) is 0 Å². The monoisotopic (exact) mass is 787 g/mol. The highest BCUT2D eigenvalue weighted by Gasteiger charge is 2.46. The van der Waals surface area contributed by atoms with Crippen molar-refractivity contribution >= 4 is 5.97 Å². The van der Waals surface area contributed by atoms with Crippen molar-refractivity contribution < 1.29 is 34.3 Å². The third kappa shape index (κ3) is 19.1. The van der Waals surface area contributed by atoms with E-state index >= 15 is 0 Å². The molecule has 0 amide bonds. The summed E-state index contributed by atoms with van der Waals surface area (Å²) in [5, 5.41) is 31.3. The van der Waals surface area contributed by atoms with Gasteiger partial charge in [0.05, 0.1) is 5.60 Å². The van der Waals surface area contributed by atoms with Crippen LogP contribution >= 0.6 is 0 Å². The van der Waals surface area contributed by atoms with Gasteiger partial charge in [-0.2, -0.15) is 0 Å². The Morgan fingerprint density at radius 2 is 1.33 bits per heavy atom. The van der Waals surface area contributed by atoms with E-state index in [0.29, 0.717) is 12.8 Å². The van der Waals surface area contributed by atoms with E-state index in [1.807, 2.05) is 20.8 Å². The van der Waals surface area contributed by atoms with Gasteiger partial charge < -0.3 is 29.5 Å². The first kappa shape index (κ1) is 49.6. The lowest BCUT2D eigenvalue weighted by atomic mass is 9.72. The van der Waals surface area contributed by atoms with E-state index in [2.05, 4.69) is 147 Å². The van der Waals surface area contributed by atoms with Crippen molar-refractivity contribution in [2.24, 2.45) is 5.41 Å². The summed E-state index contributed by atoms with van der Waals surface area (Å²) < 4.78 is 17.0. The molecule has 5 unspecified atom stereocenters. The summed E-state index contributed by atoms with van der Waals surface area (Å²) in [5.74, 6) is -0.409. The minimum atomic E-state index is -1.49. The first-order valence-electron chi connectivity index (χ1n) is 20.8. The molecule has 1 heterocycles. The third-order valence-corrected chi connectivity index (χ3v) is 10.4. The van der Waals surface area contributed by atoms with Crippen molar-refractivity contribution in [1.82, 2.24) is 0 Å². The fourth-order valence-electron chi connectivity index (χ4n) is 6.78. The summed E-state index contributed by atoms with van der Waals surface area (Å²) in [6.07, 6.45) is 32.3. The molecule has 3 N–H and O–H groups in total. The number of hydrogen-bond acceptors (Lipinski definition) is 7. The first-order valence-corrected chi connectivity index (χ1v) is 20.8. The van der Waals surface area contributed by atoms with Crippen molar-refractivity contribution in [3.05, 3.63) is 130 Å². The Morgan fingerprint density at radius 3 is 1.89 bits per heavy atom. The Morgan fingerprint density at radius 1 is 0.789 bits per heavy atom. The van der Waals surface area contributed by atoms with Crippen LogP contribution in [0.2, 0.25) is 0 Å². The average Bonchev–Trinajstić information content (AvgIpc) is 3.12. The molecule has 0 bridgehead atoms. The topological polar surface area (TPSA) is 105 Å². The number of aliphatic hydroxyl groups is 3. The Kier molecular flexibility index (Phi) is 21.8. The zero-order valence-electron chi connectivity index (χ0n) is 36.9. The summed E-state index contributed by atoms with van der Waals surface area (Å²) >= 11 is 0. The normalized spacial score (nSPS) is 25.0. The number of hydrogen-bond donors (Lipinski definition) is 3. The zero-order valence-corrected chi connectivity index (χ0v) is 36.9. The molecule has 0 aromatic heterocycles. The lowest BCUT2D eigenvalue weighted by Gasteiger charge is -2.42. The maximum Gasteiger partial charge on any atom is 0.305 e. The second-order valence-electron chi connectivity index (χ2n) is 17.1. The molecule has 316 valence electrons. The quantitative estimate of drug-likeness (QED) is 0.0833. The van der Waals surface area contributed by atoms with Gasteiger partial charge in [-0.05, 0) is 111 Å². The minimum absolute atomic E-state index is 0.230. The maximum absolute atomic E-state index is 11.8. The molecule has 0 spiro atoms. The van der Waals surface area contributed by atoms with Gasteiger partial charge in [0.15, 0.2) is 6.29 Å². The molecule has 0 aromatic carbocycles. The van der Waals surface area contributed by atoms with E-state index in [-0.39, 0.29) is 18.4 Å². The van der Waals surface area contributed by atoms with E-state index in [9.17, 15) is 20.1 Å². The molecule has 0 radical (unpaired) electrons. The van der Waals surface area contributed by atoms with Crippen LogP contribution in [-0.4, -0.2) is 64.2 Å². The van der Waals surface area contributed by atoms with Crippen LogP contribution in [-0.2, 0) is 19.0 Å². The molecule has 7 heteroatoms. The summed E-state index contributed by atoms with van der Waals surface area (Å²) in [7, 11) is 0. The Balaban J connectivity index is 1.79. The van der Waals surface area contributed by atoms with Gasteiger partial charge in [-0.15, -0.1) is 0 Å². The van der Waals surface area contributed by atoms with Crippen molar-refractivity contribution in [2.45, 2.75) is 164 Å². The van der Waals surface area contributed by atoms with Crippen LogP contribution < -0.4 is 0 Å². The summed E-state index contributed by atoms with van der Waals surface area (Å²) in [4.78, 5) is 11.8. The highest BCUT2D eigenvalue weighted by Crippen LogP contribution is 2.40. The molecule has 1 aliphatic carbocycles. The lowest BCUT2D eigenvalue weighted by molar-refractivity contribution is -0.324. The number of aliphatic hydroxyl groups excluding tert-OH is 3. The molecule has 5 atom stereocenters. The van der Waals surface area contributed by atoms with Gasteiger partial charge in [0, 0.05) is 6.42 Å². The molecular weight excluding hydrogens is 713 g/mol. The second-order valence-corrected chi connectivity index (χ2v) is 17.1. The summed E-state index contributed by atoms with van der Waals surface area (Å²) in [6.45, 7) is 22.9. The summed E-state index contributed by atoms with van der Waals surface area (Å²) in [6, 6.07) is 0. The number of allylic oxidation sites excluding steroid dienone is 22. The van der Waals surface area contributed by atoms with Gasteiger partial charge in [-0.3, -0.25) is 4.79 Å². The van der Waals surface area contributed by atoms with Crippen LogP contribution in [0.4, 0.5) is 0 Å². The second kappa shape index (κ2) is 25.0. The number of rotatable bonds is 20. The van der Waals surface area contributed by atoms with Gasteiger partial charge >= 0.3 is 5.97 Å². The molecule has 1 saturated heterocycles. The molecule has 57 heavy (non-hydrogen) atoms. The molecule has 2 rings (SSSR count). The predicted molar refractivity (Wildman–Crippen MR) is 236 cm³/mol. The van der Waals surface area contributed by atoms with E-state index in [0.717, 1.165) is 24.0 Å². The van der Waals surface area contributed by atoms with Gasteiger partial charge in [-0.1, -0.05) is 145 Å². The van der Waals surface area contributed by atoms with Crippen molar-refractivity contribution in [3.8, 4) is 0 Å². The largest absolute Gasteiger partial charge is 0.463 e. The van der Waals surface area contributed by atoms with E-state index in [1.165, 1.54) is 47.1 Å². The SMILES string of the molecule is CCCC(=O)OCC1OC(OC(C)(C)CCCC(C)=CC=CC(C)=CC=CC(C)=CC=CC=C(C)C=CC=C(C)C=CC2=C(C)CCCC2(C)C)C(O)C(O)C1O. The number of carbonyl (C=O) groups excluding carboxylic acids is 1. The van der Waals surface area contributed by atoms with E-state index in [1.54, 1.807) is 0 Å². The molecule has 0 saturated carbocycles. The van der Waals surface area contributed by atoms with E-state index < -0.39 is 42.3 Å². The lowest BCUT2D eigenvalue weighted by Crippen LogP contribution is -2.60. The fourth-order valence-corrected chi connectivity index (χ4v) is 6.78. The predicted octanol–water partition coefficient (Wildman–Crippen LogP) is 11.1. The van der Waals surface area contributed by atoms with E-state index in [4.69, 9.17) is 14.2 Å². The zero-order chi connectivity index (χ0) is 42.6. The highest BCUT2D eigenvalue weighted by molar-refractivity contribution is 5.69. The van der Waals surface area contributed by atoms with Crippen LogP contribution in [0, 0.1) is 5.41 Å². The Bertz CT molecular complexity index is 1630. The van der Waals surface area contributed by atoms with Gasteiger partial charge in [-0.25, -0.2) is 0 Å². The smallest absolute Gasteiger partial charge is 0.305 e. The standard InChI is InChI=1S/C50H74O7/c1-12-20-44(51)55-35-43-45(52)46(53)47(54)48(56-43)57-50(10,11)34-18-29-39(5)27-16-26-38(4)25-15-23-36(2)21-13-14-22-37(3)24-17-28-40(6)31-32-42-41(7)30-19-33-49(42,8)9/h13-17,21-28,31-32,43,45-48,52-54H,12,18-20,29-30,33-35H2,1-11H3. The minimum Gasteiger partial charge on any atom is -0.463 e. The van der Waals surface area contributed by atoms with Crippen LogP contribution in [0.1, 0.15) is 128 Å². The molecule has 1 aliphatic heterocycles.